The SMILES string of the molecule is CN(C)CCOc1ccc(N2CCN(Cc3cc4cnc(N)nc4n3CC(C)(C)C)CC2)cc1. The summed E-state index contributed by atoms with van der Waals surface area (Å²) in [6, 6.07) is 10.7. The summed E-state index contributed by atoms with van der Waals surface area (Å²) in [6.45, 7) is 14.2. The van der Waals surface area contributed by atoms with E-state index in [1.807, 2.05) is 6.20 Å². The maximum absolute atomic E-state index is 5.90. The molecule has 3 aromatic rings. The van der Waals surface area contributed by atoms with Crippen LogP contribution in [0.25, 0.3) is 11.0 Å². The highest BCUT2D eigenvalue weighted by atomic mass is 16.5. The molecule has 2 aromatic heterocycles. The standard InChI is InChI=1S/C26H39N7O/c1-26(2,3)19-33-22(16-20-17-28-25(27)29-24(20)33)18-31-10-12-32(13-11-31)21-6-8-23(9-7-21)34-15-14-30(4)5/h6-9,16-17H,10-15,18-19H2,1-5H3,(H2,27,28,29). The zero-order valence-corrected chi connectivity index (χ0v) is 21.3. The van der Waals surface area contributed by atoms with Crippen molar-refractivity contribution in [3.63, 3.8) is 0 Å². The number of rotatable bonds is 8. The molecular formula is C26H39N7O. The van der Waals surface area contributed by atoms with E-state index in [0.717, 1.165) is 62.6 Å². The molecule has 8 heteroatoms. The highest BCUT2D eigenvalue weighted by Gasteiger charge is 2.22. The van der Waals surface area contributed by atoms with Gasteiger partial charge in [0.05, 0.1) is 0 Å². The van der Waals surface area contributed by atoms with Gasteiger partial charge in [0.1, 0.15) is 18.0 Å². The van der Waals surface area contributed by atoms with E-state index in [9.17, 15) is 0 Å². The fraction of sp³-hybridized carbons (Fsp3) is 0.538. The van der Waals surface area contributed by atoms with Gasteiger partial charge in [-0.2, -0.15) is 4.98 Å². The Morgan fingerprint density at radius 1 is 1.06 bits per heavy atom. The number of hydrogen-bond donors (Lipinski definition) is 1. The van der Waals surface area contributed by atoms with Gasteiger partial charge in [0.2, 0.25) is 5.95 Å². The van der Waals surface area contributed by atoms with Crippen LogP contribution in [0.1, 0.15) is 26.5 Å². The monoisotopic (exact) mass is 465 g/mol. The third-order valence-electron chi connectivity index (χ3n) is 6.14. The minimum absolute atomic E-state index is 0.140. The number of nitrogens with two attached hydrogens (primary N) is 1. The number of piperazine rings is 1. The van der Waals surface area contributed by atoms with Crippen molar-refractivity contribution in [3.8, 4) is 5.75 Å². The van der Waals surface area contributed by atoms with Crippen LogP contribution in [-0.2, 0) is 13.1 Å². The Balaban J connectivity index is 1.38. The van der Waals surface area contributed by atoms with E-state index in [1.54, 1.807) is 0 Å². The molecule has 1 aliphatic rings. The smallest absolute Gasteiger partial charge is 0.221 e. The van der Waals surface area contributed by atoms with Crippen LogP contribution in [-0.4, -0.2) is 77.8 Å². The predicted octanol–water partition coefficient (Wildman–Crippen LogP) is 3.32. The van der Waals surface area contributed by atoms with E-state index >= 15 is 0 Å². The molecule has 0 aliphatic carbocycles. The summed E-state index contributed by atoms with van der Waals surface area (Å²) >= 11 is 0. The molecule has 0 radical (unpaired) electrons. The summed E-state index contributed by atoms with van der Waals surface area (Å²) < 4.78 is 8.16. The first-order valence-electron chi connectivity index (χ1n) is 12.1. The molecule has 8 nitrogen and oxygen atoms in total. The van der Waals surface area contributed by atoms with E-state index in [1.165, 1.54) is 11.4 Å². The Hall–Kier alpha value is -2.84. The Morgan fingerprint density at radius 3 is 2.41 bits per heavy atom. The van der Waals surface area contributed by atoms with Crippen molar-refractivity contribution in [3.05, 3.63) is 42.2 Å². The normalized spacial score (nSPS) is 15.4. The Kier molecular flexibility index (Phi) is 7.28. The molecule has 184 valence electrons. The quantitative estimate of drug-likeness (QED) is 0.547. The second-order valence-electron chi connectivity index (χ2n) is 10.7. The molecule has 4 rings (SSSR count). The summed E-state index contributed by atoms with van der Waals surface area (Å²) in [5, 5.41) is 1.06. The van der Waals surface area contributed by atoms with Gasteiger partial charge in [-0.15, -0.1) is 0 Å². The number of likely N-dealkylation sites (N-methyl/N-ethyl adjacent to an activating group) is 1. The predicted molar refractivity (Wildman–Crippen MR) is 139 cm³/mol. The number of benzene rings is 1. The molecule has 3 heterocycles. The number of nitrogen functional groups attached to an aromatic ring is 1. The van der Waals surface area contributed by atoms with Gasteiger partial charge in [-0.3, -0.25) is 4.90 Å². The van der Waals surface area contributed by atoms with Crippen LogP contribution in [0.15, 0.2) is 36.5 Å². The molecule has 0 unspecified atom stereocenters. The van der Waals surface area contributed by atoms with E-state index in [4.69, 9.17) is 10.5 Å². The maximum atomic E-state index is 5.90. The van der Waals surface area contributed by atoms with Crippen molar-refractivity contribution < 1.29 is 4.74 Å². The number of aromatic nitrogens is 3. The Morgan fingerprint density at radius 2 is 1.76 bits per heavy atom. The third-order valence-corrected chi connectivity index (χ3v) is 6.14. The summed E-state index contributed by atoms with van der Waals surface area (Å²) in [4.78, 5) is 15.9. The van der Waals surface area contributed by atoms with E-state index in [-0.39, 0.29) is 5.41 Å². The van der Waals surface area contributed by atoms with Crippen molar-refractivity contribution in [2.24, 2.45) is 5.41 Å². The number of ether oxygens (including phenoxy) is 1. The van der Waals surface area contributed by atoms with E-state index < -0.39 is 0 Å². The Bertz CT molecular complexity index is 1080. The molecule has 0 saturated carbocycles. The molecule has 34 heavy (non-hydrogen) atoms. The van der Waals surface area contributed by atoms with Gasteiger partial charge in [-0.25, -0.2) is 4.98 Å². The maximum Gasteiger partial charge on any atom is 0.221 e. The lowest BCUT2D eigenvalue weighted by Crippen LogP contribution is -2.46. The Labute approximate surface area is 203 Å². The minimum atomic E-state index is 0.140. The molecule has 1 saturated heterocycles. The number of nitrogens with zero attached hydrogens (tertiary/aromatic N) is 6. The van der Waals surface area contributed by atoms with Crippen LogP contribution >= 0.6 is 0 Å². The van der Waals surface area contributed by atoms with Crippen molar-refractivity contribution in [2.75, 3.05) is 64.1 Å². The molecule has 1 aliphatic heterocycles. The fourth-order valence-electron chi connectivity index (χ4n) is 4.38. The molecule has 1 fully saturated rings. The highest BCUT2D eigenvalue weighted by Crippen LogP contribution is 2.26. The summed E-state index contributed by atoms with van der Waals surface area (Å²) in [5.74, 6) is 1.26. The lowest BCUT2D eigenvalue weighted by Gasteiger charge is -2.36. The number of anilines is 2. The molecule has 1 aromatic carbocycles. The third kappa shape index (κ3) is 6.18. The summed E-state index contributed by atoms with van der Waals surface area (Å²) in [7, 11) is 4.11. The molecule has 0 atom stereocenters. The first kappa shape index (κ1) is 24.3. The van der Waals surface area contributed by atoms with E-state index in [2.05, 4.69) is 94.4 Å². The minimum Gasteiger partial charge on any atom is -0.492 e. The van der Waals surface area contributed by atoms with Gasteiger partial charge in [0, 0.05) is 68.8 Å². The first-order valence-corrected chi connectivity index (χ1v) is 12.1. The van der Waals surface area contributed by atoms with Crippen molar-refractivity contribution in [2.45, 2.75) is 33.9 Å². The second-order valence-corrected chi connectivity index (χ2v) is 10.7. The molecule has 0 spiro atoms. The average molecular weight is 466 g/mol. The van der Waals surface area contributed by atoms with Crippen molar-refractivity contribution in [1.29, 1.82) is 0 Å². The number of hydrogen-bond acceptors (Lipinski definition) is 7. The summed E-state index contributed by atoms with van der Waals surface area (Å²) in [5.41, 5.74) is 9.51. The molecule has 0 amide bonds. The zero-order valence-electron chi connectivity index (χ0n) is 21.3. The van der Waals surface area contributed by atoms with Crippen LogP contribution in [0, 0.1) is 5.41 Å². The first-order chi connectivity index (χ1) is 16.2. The van der Waals surface area contributed by atoms with Crippen molar-refractivity contribution in [1.82, 2.24) is 24.3 Å². The largest absolute Gasteiger partial charge is 0.492 e. The van der Waals surface area contributed by atoms with Crippen molar-refractivity contribution >= 4 is 22.7 Å². The molecule has 0 bridgehead atoms. The van der Waals surface area contributed by atoms with Crippen LogP contribution in [0.3, 0.4) is 0 Å². The van der Waals surface area contributed by atoms with Gasteiger partial charge in [0.15, 0.2) is 0 Å². The van der Waals surface area contributed by atoms with E-state index in [0.29, 0.717) is 12.6 Å². The average Bonchev–Trinajstić information content (AvgIpc) is 3.09. The summed E-state index contributed by atoms with van der Waals surface area (Å²) in [6.07, 6.45) is 1.84. The molecular weight excluding hydrogens is 426 g/mol. The van der Waals surface area contributed by atoms with Crippen LogP contribution in [0.5, 0.6) is 5.75 Å². The van der Waals surface area contributed by atoms with Crippen LogP contribution < -0.4 is 15.4 Å². The van der Waals surface area contributed by atoms with Gasteiger partial charge in [-0.1, -0.05) is 20.8 Å². The second kappa shape index (κ2) is 10.2. The van der Waals surface area contributed by atoms with Crippen LogP contribution in [0.4, 0.5) is 11.6 Å². The lowest BCUT2D eigenvalue weighted by atomic mass is 9.97. The van der Waals surface area contributed by atoms with Gasteiger partial charge in [0.25, 0.3) is 0 Å². The molecule has 2 N–H and O–H groups in total. The lowest BCUT2D eigenvalue weighted by molar-refractivity contribution is 0.239. The van der Waals surface area contributed by atoms with Crippen LogP contribution in [0.2, 0.25) is 0 Å². The van der Waals surface area contributed by atoms with Gasteiger partial charge >= 0.3 is 0 Å². The highest BCUT2D eigenvalue weighted by molar-refractivity contribution is 5.77. The topological polar surface area (TPSA) is 75.7 Å². The van der Waals surface area contributed by atoms with Gasteiger partial charge < -0.3 is 24.8 Å². The van der Waals surface area contributed by atoms with Gasteiger partial charge in [-0.05, 0) is 49.8 Å². The fourth-order valence-corrected chi connectivity index (χ4v) is 4.38. The number of fused-ring (bicyclic) bond motifs is 1. The zero-order chi connectivity index (χ0) is 24.3.